The zero-order valence-electron chi connectivity index (χ0n) is 14.2. The lowest BCUT2D eigenvalue weighted by Gasteiger charge is -2.20. The molecule has 0 bridgehead atoms. The molecule has 1 aliphatic rings. The Bertz CT molecular complexity index is 902. The highest BCUT2D eigenvalue weighted by atomic mass is 16.6. The minimum atomic E-state index is -0.738. The molecule has 0 aliphatic carbocycles. The van der Waals surface area contributed by atoms with Gasteiger partial charge < -0.3 is 24.5 Å². The van der Waals surface area contributed by atoms with Crippen LogP contribution in [0.15, 0.2) is 12.5 Å². The number of carbonyl (C=O) groups is 2. The summed E-state index contributed by atoms with van der Waals surface area (Å²) in [5, 5.41) is 9.77. The van der Waals surface area contributed by atoms with Crippen molar-refractivity contribution in [2.45, 2.75) is 38.7 Å². The lowest BCUT2D eigenvalue weighted by molar-refractivity contribution is -0.152. The van der Waals surface area contributed by atoms with E-state index in [9.17, 15) is 14.9 Å². The number of nitrogens with two attached hydrogens (primary N) is 1. The highest BCUT2D eigenvalue weighted by Gasteiger charge is 2.40. The van der Waals surface area contributed by atoms with Crippen LogP contribution >= 0.6 is 0 Å². The van der Waals surface area contributed by atoms with Crippen molar-refractivity contribution in [1.82, 2.24) is 14.5 Å². The van der Waals surface area contributed by atoms with Gasteiger partial charge in [-0.3, -0.25) is 9.59 Å². The van der Waals surface area contributed by atoms with E-state index in [-0.39, 0.29) is 18.0 Å². The summed E-state index contributed by atoms with van der Waals surface area (Å²) in [5.74, 6) is -0.730. The SMILES string of the molecule is CC(=O)OC[C@@H]1C[C@@H](OC(C)=O)[C@H](n2cc(C#N)c3c(N)ncnc32)O1. The summed E-state index contributed by atoms with van der Waals surface area (Å²) in [7, 11) is 0. The number of nitrogen functional groups attached to an aromatic ring is 1. The quantitative estimate of drug-likeness (QED) is 0.779. The molecule has 0 aromatic carbocycles. The van der Waals surface area contributed by atoms with Crippen LogP contribution in [0.25, 0.3) is 11.0 Å². The molecule has 1 saturated heterocycles. The molecule has 10 nitrogen and oxygen atoms in total. The van der Waals surface area contributed by atoms with Crippen LogP contribution in [0.5, 0.6) is 0 Å². The summed E-state index contributed by atoms with van der Waals surface area (Å²) < 4.78 is 17.8. The number of hydrogen-bond acceptors (Lipinski definition) is 9. The van der Waals surface area contributed by atoms with Gasteiger partial charge in [0.05, 0.1) is 17.1 Å². The van der Waals surface area contributed by atoms with Crippen LogP contribution in [-0.4, -0.2) is 45.3 Å². The summed E-state index contributed by atoms with van der Waals surface area (Å²) in [4.78, 5) is 30.6. The minimum absolute atomic E-state index is 0.0328. The molecule has 2 aromatic rings. The maximum atomic E-state index is 11.5. The summed E-state index contributed by atoms with van der Waals surface area (Å²) in [5.41, 5.74) is 6.55. The van der Waals surface area contributed by atoms with E-state index in [2.05, 4.69) is 9.97 Å². The van der Waals surface area contributed by atoms with Crippen molar-refractivity contribution in [3.63, 3.8) is 0 Å². The molecule has 1 fully saturated rings. The molecule has 10 heteroatoms. The van der Waals surface area contributed by atoms with E-state index in [0.29, 0.717) is 17.5 Å². The van der Waals surface area contributed by atoms with Gasteiger partial charge in [0.25, 0.3) is 0 Å². The van der Waals surface area contributed by atoms with Crippen molar-refractivity contribution in [3.8, 4) is 6.07 Å². The zero-order valence-corrected chi connectivity index (χ0v) is 14.2. The number of esters is 2. The second-order valence-corrected chi connectivity index (χ2v) is 5.85. The Labute approximate surface area is 148 Å². The lowest BCUT2D eigenvalue weighted by atomic mass is 10.2. The molecule has 3 heterocycles. The van der Waals surface area contributed by atoms with E-state index in [1.54, 1.807) is 4.57 Å². The molecule has 0 radical (unpaired) electrons. The van der Waals surface area contributed by atoms with E-state index < -0.39 is 30.4 Å². The first-order valence-corrected chi connectivity index (χ1v) is 7.87. The van der Waals surface area contributed by atoms with Gasteiger partial charge in [0.15, 0.2) is 6.23 Å². The Kier molecular flexibility index (Phi) is 4.73. The van der Waals surface area contributed by atoms with Crippen LogP contribution in [0.1, 0.15) is 32.1 Å². The van der Waals surface area contributed by atoms with E-state index in [1.807, 2.05) is 6.07 Å². The molecule has 0 amide bonds. The third-order valence-electron chi connectivity index (χ3n) is 3.97. The van der Waals surface area contributed by atoms with Crippen molar-refractivity contribution in [1.29, 1.82) is 5.26 Å². The van der Waals surface area contributed by atoms with Crippen LogP contribution in [-0.2, 0) is 23.8 Å². The fourth-order valence-corrected chi connectivity index (χ4v) is 2.98. The number of rotatable bonds is 4. The molecule has 0 unspecified atom stereocenters. The Morgan fingerprint density at radius 1 is 1.42 bits per heavy atom. The Morgan fingerprint density at radius 3 is 2.85 bits per heavy atom. The Balaban J connectivity index is 1.98. The number of nitriles is 1. The second-order valence-electron chi connectivity index (χ2n) is 5.85. The third-order valence-corrected chi connectivity index (χ3v) is 3.97. The average Bonchev–Trinajstić information content (AvgIpc) is 3.14. The number of anilines is 1. The van der Waals surface area contributed by atoms with Crippen LogP contribution < -0.4 is 5.73 Å². The van der Waals surface area contributed by atoms with E-state index in [1.165, 1.54) is 26.4 Å². The summed E-state index contributed by atoms with van der Waals surface area (Å²) >= 11 is 0. The number of fused-ring (bicyclic) bond motifs is 1. The Hall–Kier alpha value is -3.19. The van der Waals surface area contributed by atoms with E-state index >= 15 is 0 Å². The van der Waals surface area contributed by atoms with Gasteiger partial charge in [-0.25, -0.2) is 9.97 Å². The predicted octanol–water partition coefficient (Wildman–Crippen LogP) is 0.667. The monoisotopic (exact) mass is 359 g/mol. The smallest absolute Gasteiger partial charge is 0.303 e. The van der Waals surface area contributed by atoms with Gasteiger partial charge in [0.2, 0.25) is 0 Å². The first-order valence-electron chi connectivity index (χ1n) is 7.87. The largest absolute Gasteiger partial charge is 0.463 e. The van der Waals surface area contributed by atoms with E-state index in [0.717, 1.165) is 0 Å². The standard InChI is InChI=1S/C16H17N5O5/c1-8(22)24-6-11-3-12(25-9(2)23)16(26-11)21-5-10(4-17)13-14(18)19-7-20-15(13)21/h5,7,11-12,16H,3,6H2,1-2H3,(H2,18,19,20)/t11-,12+,16+/m0/s1. The molecular weight excluding hydrogens is 342 g/mol. The van der Waals surface area contributed by atoms with Crippen LogP contribution in [0.4, 0.5) is 5.82 Å². The number of nitrogens with zero attached hydrogens (tertiary/aromatic N) is 4. The molecular formula is C16H17N5O5. The van der Waals surface area contributed by atoms with Gasteiger partial charge in [0.1, 0.15) is 36.6 Å². The summed E-state index contributed by atoms with van der Waals surface area (Å²) in [6, 6.07) is 2.05. The third kappa shape index (κ3) is 3.29. The van der Waals surface area contributed by atoms with Crippen molar-refractivity contribution in [2.24, 2.45) is 0 Å². The van der Waals surface area contributed by atoms with Crippen LogP contribution in [0.3, 0.4) is 0 Å². The van der Waals surface area contributed by atoms with Crippen molar-refractivity contribution >= 4 is 28.8 Å². The van der Waals surface area contributed by atoms with Crippen molar-refractivity contribution < 1.29 is 23.8 Å². The number of hydrogen-bond donors (Lipinski definition) is 1. The number of ether oxygens (including phenoxy) is 3. The first kappa shape index (κ1) is 17.6. The van der Waals surface area contributed by atoms with Gasteiger partial charge in [0, 0.05) is 26.5 Å². The molecule has 0 saturated carbocycles. The highest BCUT2D eigenvalue weighted by Crippen LogP contribution is 2.35. The van der Waals surface area contributed by atoms with Crippen LogP contribution in [0.2, 0.25) is 0 Å². The highest BCUT2D eigenvalue weighted by molar-refractivity contribution is 5.92. The maximum Gasteiger partial charge on any atom is 0.303 e. The van der Waals surface area contributed by atoms with Gasteiger partial charge in [-0.2, -0.15) is 5.26 Å². The fourth-order valence-electron chi connectivity index (χ4n) is 2.98. The summed E-state index contributed by atoms with van der Waals surface area (Å²) in [6.45, 7) is 2.63. The topological polar surface area (TPSA) is 142 Å². The lowest BCUT2D eigenvalue weighted by Crippen LogP contribution is -2.24. The molecule has 2 aromatic heterocycles. The Morgan fingerprint density at radius 2 is 2.19 bits per heavy atom. The fraction of sp³-hybridized carbons (Fsp3) is 0.438. The summed E-state index contributed by atoms with van der Waals surface area (Å²) in [6.07, 6.45) is 1.31. The molecule has 0 spiro atoms. The minimum Gasteiger partial charge on any atom is -0.463 e. The molecule has 136 valence electrons. The zero-order chi connectivity index (χ0) is 18.8. The predicted molar refractivity (Wildman–Crippen MR) is 87.4 cm³/mol. The number of aromatic nitrogens is 3. The average molecular weight is 359 g/mol. The number of carbonyl (C=O) groups excluding carboxylic acids is 2. The maximum absolute atomic E-state index is 11.5. The molecule has 3 atom stereocenters. The normalized spacial score (nSPS) is 22.1. The van der Waals surface area contributed by atoms with Gasteiger partial charge in [-0.15, -0.1) is 0 Å². The van der Waals surface area contributed by atoms with E-state index in [4.69, 9.17) is 19.9 Å². The second kappa shape index (κ2) is 6.97. The first-order chi connectivity index (χ1) is 12.4. The van der Waals surface area contributed by atoms with Crippen LogP contribution in [0, 0.1) is 11.3 Å². The van der Waals surface area contributed by atoms with Gasteiger partial charge >= 0.3 is 11.9 Å². The molecule has 2 N–H and O–H groups in total. The molecule has 3 rings (SSSR count). The van der Waals surface area contributed by atoms with Gasteiger partial charge in [-0.05, 0) is 0 Å². The van der Waals surface area contributed by atoms with Gasteiger partial charge in [-0.1, -0.05) is 0 Å². The molecule has 26 heavy (non-hydrogen) atoms. The molecule has 1 aliphatic heterocycles. The van der Waals surface area contributed by atoms with Crippen molar-refractivity contribution in [3.05, 3.63) is 18.1 Å². The van der Waals surface area contributed by atoms with Crippen molar-refractivity contribution in [2.75, 3.05) is 12.3 Å².